The number of hydrogen-bond donors (Lipinski definition) is 1. The summed E-state index contributed by atoms with van der Waals surface area (Å²) in [7, 11) is 0. The highest BCUT2D eigenvalue weighted by molar-refractivity contribution is 5.77. The fourth-order valence-electron chi connectivity index (χ4n) is 3.31. The molecule has 1 fully saturated rings. The van der Waals surface area contributed by atoms with E-state index in [1.54, 1.807) is 0 Å². The molecule has 0 saturated carbocycles. The van der Waals surface area contributed by atoms with Crippen molar-refractivity contribution in [3.63, 3.8) is 0 Å². The molecular weight excluding hydrogens is 266 g/mol. The third kappa shape index (κ3) is 3.44. The van der Waals surface area contributed by atoms with Gasteiger partial charge in [0.15, 0.2) is 0 Å². The SMILES string of the molecule is CC1CC(OC(=O)[C@@H]2Cc3ccccc3CN2)CC(C)O1. The normalized spacial score (nSPS) is 32.3. The van der Waals surface area contributed by atoms with Crippen LogP contribution in [0.5, 0.6) is 0 Å². The Bertz CT molecular complexity index is 507. The molecule has 0 aromatic heterocycles. The number of benzene rings is 1. The minimum atomic E-state index is -0.228. The maximum Gasteiger partial charge on any atom is 0.323 e. The minimum absolute atomic E-state index is 0.0183. The average molecular weight is 289 g/mol. The number of esters is 1. The number of nitrogens with one attached hydrogen (secondary N) is 1. The van der Waals surface area contributed by atoms with Crippen LogP contribution in [0.15, 0.2) is 24.3 Å². The third-order valence-corrected chi connectivity index (χ3v) is 4.30. The molecule has 2 aliphatic rings. The molecule has 1 N–H and O–H groups in total. The highest BCUT2D eigenvalue weighted by Gasteiger charge is 2.31. The Morgan fingerprint density at radius 2 is 1.86 bits per heavy atom. The van der Waals surface area contributed by atoms with E-state index in [1.807, 2.05) is 26.0 Å². The second kappa shape index (κ2) is 6.16. The second-order valence-corrected chi connectivity index (χ2v) is 6.19. The molecule has 0 bridgehead atoms. The van der Waals surface area contributed by atoms with E-state index < -0.39 is 0 Å². The van der Waals surface area contributed by atoms with Gasteiger partial charge in [0, 0.05) is 19.4 Å². The van der Waals surface area contributed by atoms with Crippen molar-refractivity contribution in [2.75, 3.05) is 0 Å². The van der Waals surface area contributed by atoms with E-state index in [2.05, 4.69) is 17.4 Å². The Hall–Kier alpha value is -1.39. The standard InChI is InChI=1S/C17H23NO3/c1-11-7-15(8-12(2)20-11)21-17(19)16-9-13-5-3-4-6-14(13)10-18-16/h3-6,11-12,15-16,18H,7-10H2,1-2H3/t11?,12?,15?,16-/m0/s1. The molecule has 4 nitrogen and oxygen atoms in total. The zero-order valence-corrected chi connectivity index (χ0v) is 12.7. The van der Waals surface area contributed by atoms with Crippen LogP contribution in [0.3, 0.4) is 0 Å². The summed E-state index contributed by atoms with van der Waals surface area (Å²) in [5, 5.41) is 3.28. The molecule has 0 radical (unpaired) electrons. The number of rotatable bonds is 2. The van der Waals surface area contributed by atoms with E-state index in [0.717, 1.165) is 19.4 Å². The summed E-state index contributed by atoms with van der Waals surface area (Å²) < 4.78 is 11.4. The van der Waals surface area contributed by atoms with Crippen molar-refractivity contribution in [1.82, 2.24) is 5.32 Å². The van der Waals surface area contributed by atoms with Gasteiger partial charge in [0.2, 0.25) is 0 Å². The Balaban J connectivity index is 1.59. The topological polar surface area (TPSA) is 47.6 Å². The van der Waals surface area contributed by atoms with Crippen molar-refractivity contribution in [1.29, 1.82) is 0 Å². The smallest absolute Gasteiger partial charge is 0.323 e. The van der Waals surface area contributed by atoms with Gasteiger partial charge in [-0.15, -0.1) is 0 Å². The number of carbonyl (C=O) groups excluding carboxylic acids is 1. The first-order chi connectivity index (χ1) is 10.1. The van der Waals surface area contributed by atoms with E-state index in [0.29, 0.717) is 6.42 Å². The maximum absolute atomic E-state index is 12.4. The Morgan fingerprint density at radius 1 is 1.19 bits per heavy atom. The lowest BCUT2D eigenvalue weighted by molar-refractivity contribution is -0.162. The lowest BCUT2D eigenvalue weighted by Crippen LogP contribution is -2.45. The predicted octanol–water partition coefficient (Wildman–Crippen LogP) is 2.20. The molecule has 1 aromatic carbocycles. The van der Waals surface area contributed by atoms with E-state index in [-0.39, 0.29) is 30.3 Å². The Kier molecular flexibility index (Phi) is 4.27. The van der Waals surface area contributed by atoms with Crippen LogP contribution in [0.2, 0.25) is 0 Å². The first-order valence-corrected chi connectivity index (χ1v) is 7.78. The highest BCUT2D eigenvalue weighted by Crippen LogP contribution is 2.23. The molecule has 21 heavy (non-hydrogen) atoms. The first-order valence-electron chi connectivity index (χ1n) is 7.78. The van der Waals surface area contributed by atoms with E-state index in [9.17, 15) is 4.79 Å². The van der Waals surface area contributed by atoms with Crippen molar-refractivity contribution < 1.29 is 14.3 Å². The van der Waals surface area contributed by atoms with Crippen molar-refractivity contribution in [3.8, 4) is 0 Å². The van der Waals surface area contributed by atoms with Crippen molar-refractivity contribution in [3.05, 3.63) is 35.4 Å². The molecule has 1 aromatic rings. The van der Waals surface area contributed by atoms with Crippen LogP contribution in [0.1, 0.15) is 37.8 Å². The molecule has 114 valence electrons. The highest BCUT2D eigenvalue weighted by atomic mass is 16.6. The van der Waals surface area contributed by atoms with Gasteiger partial charge >= 0.3 is 5.97 Å². The van der Waals surface area contributed by atoms with Gasteiger partial charge in [-0.2, -0.15) is 0 Å². The summed E-state index contributed by atoms with van der Waals surface area (Å²) in [6, 6.07) is 8.02. The van der Waals surface area contributed by atoms with Gasteiger partial charge in [-0.1, -0.05) is 24.3 Å². The van der Waals surface area contributed by atoms with Gasteiger partial charge in [0.1, 0.15) is 12.1 Å². The Labute approximate surface area is 125 Å². The predicted molar refractivity (Wildman–Crippen MR) is 79.9 cm³/mol. The quantitative estimate of drug-likeness (QED) is 0.848. The van der Waals surface area contributed by atoms with Crippen LogP contribution in [0.4, 0.5) is 0 Å². The molecule has 0 amide bonds. The third-order valence-electron chi connectivity index (χ3n) is 4.30. The summed E-state index contributed by atoms with van der Waals surface area (Å²) >= 11 is 0. The number of ether oxygens (including phenoxy) is 2. The van der Waals surface area contributed by atoms with E-state index in [4.69, 9.17) is 9.47 Å². The van der Waals surface area contributed by atoms with Gasteiger partial charge in [-0.25, -0.2) is 0 Å². The van der Waals surface area contributed by atoms with Gasteiger partial charge in [-0.05, 0) is 31.4 Å². The van der Waals surface area contributed by atoms with Crippen LogP contribution in [0, 0.1) is 0 Å². The van der Waals surface area contributed by atoms with Crippen LogP contribution in [0.25, 0.3) is 0 Å². The fourth-order valence-corrected chi connectivity index (χ4v) is 3.31. The number of fused-ring (bicyclic) bond motifs is 1. The first kappa shape index (κ1) is 14.5. The molecule has 2 heterocycles. The molecule has 3 atom stereocenters. The zero-order valence-electron chi connectivity index (χ0n) is 12.7. The van der Waals surface area contributed by atoms with Gasteiger partial charge in [0.25, 0.3) is 0 Å². The summed E-state index contributed by atoms with van der Waals surface area (Å²) in [6.45, 7) is 4.80. The average Bonchev–Trinajstić information content (AvgIpc) is 2.45. The number of carbonyl (C=O) groups is 1. The van der Waals surface area contributed by atoms with Crippen LogP contribution >= 0.6 is 0 Å². The lowest BCUT2D eigenvalue weighted by atomic mass is 9.96. The zero-order chi connectivity index (χ0) is 14.8. The van der Waals surface area contributed by atoms with Crippen LogP contribution in [-0.2, 0) is 27.2 Å². The lowest BCUT2D eigenvalue weighted by Gasteiger charge is -2.33. The van der Waals surface area contributed by atoms with Crippen molar-refractivity contribution >= 4 is 5.97 Å². The maximum atomic E-state index is 12.4. The summed E-state index contributed by atoms with van der Waals surface area (Å²) in [5.74, 6) is -0.129. The summed E-state index contributed by atoms with van der Waals surface area (Å²) in [4.78, 5) is 12.4. The largest absolute Gasteiger partial charge is 0.461 e. The summed E-state index contributed by atoms with van der Waals surface area (Å²) in [5.41, 5.74) is 2.52. The molecule has 0 spiro atoms. The summed E-state index contributed by atoms with van der Waals surface area (Å²) in [6.07, 6.45) is 2.59. The number of hydrogen-bond acceptors (Lipinski definition) is 4. The van der Waals surface area contributed by atoms with Crippen molar-refractivity contribution in [2.24, 2.45) is 0 Å². The monoisotopic (exact) mass is 289 g/mol. The van der Waals surface area contributed by atoms with Gasteiger partial charge < -0.3 is 14.8 Å². The molecule has 0 aliphatic carbocycles. The van der Waals surface area contributed by atoms with E-state index in [1.165, 1.54) is 11.1 Å². The molecule has 2 unspecified atom stereocenters. The fraction of sp³-hybridized carbons (Fsp3) is 0.588. The minimum Gasteiger partial charge on any atom is -0.461 e. The molecule has 1 saturated heterocycles. The molecular formula is C17H23NO3. The second-order valence-electron chi connectivity index (χ2n) is 6.19. The van der Waals surface area contributed by atoms with Crippen LogP contribution < -0.4 is 5.32 Å². The Morgan fingerprint density at radius 3 is 2.57 bits per heavy atom. The molecule has 4 heteroatoms. The van der Waals surface area contributed by atoms with Crippen molar-refractivity contribution in [2.45, 2.75) is 64.0 Å². The van der Waals surface area contributed by atoms with E-state index >= 15 is 0 Å². The van der Waals surface area contributed by atoms with Gasteiger partial charge in [0.05, 0.1) is 12.2 Å². The van der Waals surface area contributed by atoms with Gasteiger partial charge in [-0.3, -0.25) is 4.79 Å². The molecule has 2 aliphatic heterocycles. The molecule has 3 rings (SSSR count). The van der Waals surface area contributed by atoms with Crippen LogP contribution in [-0.4, -0.2) is 30.3 Å².